The number of benzene rings is 2. The van der Waals surface area contributed by atoms with Gasteiger partial charge in [-0.2, -0.15) is 10.4 Å². The van der Waals surface area contributed by atoms with E-state index in [1.165, 1.54) is 0 Å². The molecule has 0 spiro atoms. The number of ether oxygens (including phenoxy) is 2. The van der Waals surface area contributed by atoms with Crippen LogP contribution in [0.4, 0.5) is 0 Å². The molecule has 2 atom stereocenters. The number of hydrogen-bond acceptors (Lipinski definition) is 8. The lowest BCUT2D eigenvalue weighted by molar-refractivity contribution is -0.128. The summed E-state index contributed by atoms with van der Waals surface area (Å²) in [5.41, 5.74) is 3.38. The first kappa shape index (κ1) is 31.2. The fourth-order valence-corrected chi connectivity index (χ4v) is 4.35. The molecule has 1 heterocycles. The predicted octanol–water partition coefficient (Wildman–Crippen LogP) is 3.91. The molecule has 0 saturated carbocycles. The number of aliphatic hydroxyl groups excluding tert-OH is 1. The molecule has 2 amide bonds. The molecule has 1 aliphatic rings. The van der Waals surface area contributed by atoms with Gasteiger partial charge in [-0.3, -0.25) is 14.9 Å². The Labute approximate surface area is 243 Å². The van der Waals surface area contributed by atoms with Crippen molar-refractivity contribution in [3.63, 3.8) is 0 Å². The first-order chi connectivity index (χ1) is 19.0. The lowest BCUT2D eigenvalue weighted by atomic mass is 10.0. The number of amides is 2. The molecule has 0 aliphatic carbocycles. The number of hydrazone groups is 1. The minimum atomic E-state index is -0.933. The van der Waals surface area contributed by atoms with Crippen molar-refractivity contribution < 1.29 is 24.2 Å². The Morgan fingerprint density at radius 2 is 2.05 bits per heavy atom. The van der Waals surface area contributed by atoms with Gasteiger partial charge in [0.05, 0.1) is 22.9 Å². The number of carbonyl (C=O) groups is 2. The molecule has 0 radical (unpaired) electrons. The minimum Gasteiger partial charge on any atom is -0.492 e. The van der Waals surface area contributed by atoms with Crippen molar-refractivity contribution in [1.82, 2.24) is 16.1 Å². The van der Waals surface area contributed by atoms with Gasteiger partial charge >= 0.3 is 0 Å². The van der Waals surface area contributed by atoms with Crippen LogP contribution >= 0.6 is 23.2 Å². The highest BCUT2D eigenvalue weighted by molar-refractivity contribution is 6.33. The monoisotopic (exact) mass is 589 g/mol. The zero-order chi connectivity index (χ0) is 29.3. The first-order valence-electron chi connectivity index (χ1n) is 12.9. The quantitative estimate of drug-likeness (QED) is 0.259. The van der Waals surface area contributed by atoms with E-state index < -0.39 is 17.9 Å². The molecule has 10 nitrogen and oxygen atoms in total. The summed E-state index contributed by atoms with van der Waals surface area (Å²) in [6.07, 6.45) is -0.436. The third-order valence-corrected chi connectivity index (χ3v) is 6.61. The van der Waals surface area contributed by atoms with Gasteiger partial charge in [-0.25, -0.2) is 5.43 Å². The Morgan fingerprint density at radius 1 is 1.27 bits per heavy atom. The molecule has 2 unspecified atom stereocenters. The summed E-state index contributed by atoms with van der Waals surface area (Å²) >= 11 is 12.4. The minimum absolute atomic E-state index is 0.145. The number of para-hydroxylation sites is 1. The summed E-state index contributed by atoms with van der Waals surface area (Å²) in [7, 11) is 0. The fraction of sp³-hybridized carbons (Fsp3) is 0.429. The van der Waals surface area contributed by atoms with Gasteiger partial charge in [0.1, 0.15) is 23.8 Å². The van der Waals surface area contributed by atoms with Gasteiger partial charge in [0.15, 0.2) is 6.10 Å². The van der Waals surface area contributed by atoms with Crippen LogP contribution in [0.5, 0.6) is 11.5 Å². The predicted molar refractivity (Wildman–Crippen MR) is 153 cm³/mol. The van der Waals surface area contributed by atoms with Gasteiger partial charge in [0.25, 0.3) is 5.91 Å². The van der Waals surface area contributed by atoms with Crippen molar-refractivity contribution in [2.75, 3.05) is 13.2 Å². The standard InChI is InChI=1S/C28H33Cl2N5O5/c1-4-22(40-26-19(6-5-7-20(26)30)21-10-11-25(37)35-34-21)27(38)32-16-28(2,3)33-24(36)12-13-39-23-14-18(29)9-8-17(23)15-31/h5-9,14,22,24,33,36H,4,10-13,16H2,1-3H3,(H,32,38)(H,35,37). The molecule has 4 N–H and O–H groups in total. The van der Waals surface area contributed by atoms with Gasteiger partial charge in [-0.1, -0.05) is 36.2 Å². The highest BCUT2D eigenvalue weighted by atomic mass is 35.5. The molecule has 0 bridgehead atoms. The number of hydrogen-bond donors (Lipinski definition) is 4. The average Bonchev–Trinajstić information content (AvgIpc) is 2.91. The molecule has 12 heteroatoms. The maximum absolute atomic E-state index is 13.1. The number of nitrogens with one attached hydrogen (secondary N) is 3. The maximum Gasteiger partial charge on any atom is 0.261 e. The summed E-state index contributed by atoms with van der Waals surface area (Å²) in [5.74, 6) is 0.168. The van der Waals surface area contributed by atoms with Crippen molar-refractivity contribution in [2.24, 2.45) is 5.10 Å². The molecular weight excluding hydrogens is 557 g/mol. The Kier molecular flexibility index (Phi) is 11.2. The van der Waals surface area contributed by atoms with E-state index in [2.05, 4.69) is 21.2 Å². The smallest absolute Gasteiger partial charge is 0.261 e. The third kappa shape index (κ3) is 8.83. The van der Waals surface area contributed by atoms with Gasteiger partial charge in [0, 0.05) is 48.0 Å². The Balaban J connectivity index is 1.54. The molecule has 214 valence electrons. The zero-order valence-corrected chi connectivity index (χ0v) is 24.1. The van der Waals surface area contributed by atoms with E-state index in [-0.39, 0.29) is 31.4 Å². The lowest BCUT2D eigenvalue weighted by Gasteiger charge is -2.30. The molecule has 40 heavy (non-hydrogen) atoms. The number of rotatable bonds is 13. The second-order valence-corrected chi connectivity index (χ2v) is 10.7. The topological polar surface area (TPSA) is 145 Å². The van der Waals surface area contributed by atoms with Crippen LogP contribution in [-0.2, 0) is 9.59 Å². The summed E-state index contributed by atoms with van der Waals surface area (Å²) in [6.45, 7) is 5.85. The van der Waals surface area contributed by atoms with E-state index in [4.69, 9.17) is 32.7 Å². The largest absolute Gasteiger partial charge is 0.492 e. The molecular formula is C28H33Cl2N5O5. The van der Waals surface area contributed by atoms with E-state index in [1.807, 2.05) is 26.8 Å². The first-order valence-corrected chi connectivity index (χ1v) is 13.7. The van der Waals surface area contributed by atoms with Crippen LogP contribution in [0, 0.1) is 11.3 Å². The van der Waals surface area contributed by atoms with Crippen molar-refractivity contribution >= 4 is 40.7 Å². The SMILES string of the molecule is CCC(Oc1c(Cl)cccc1C1=NNC(=O)CC1)C(=O)NCC(C)(C)NC(O)CCOc1cc(Cl)ccc1C#N. The Bertz CT molecular complexity index is 1290. The number of nitrogens with zero attached hydrogens (tertiary/aromatic N) is 2. The molecule has 2 aromatic rings. The number of halogens is 2. The van der Waals surface area contributed by atoms with Gasteiger partial charge in [0.2, 0.25) is 5.91 Å². The molecule has 0 saturated heterocycles. The van der Waals surface area contributed by atoms with E-state index in [0.717, 1.165) is 0 Å². The number of carbonyl (C=O) groups excluding carboxylic acids is 2. The van der Waals surface area contributed by atoms with Crippen LogP contribution in [0.25, 0.3) is 0 Å². The van der Waals surface area contributed by atoms with E-state index in [9.17, 15) is 20.0 Å². The summed E-state index contributed by atoms with van der Waals surface area (Å²) < 4.78 is 11.7. The summed E-state index contributed by atoms with van der Waals surface area (Å²) in [6, 6.07) is 12.0. The third-order valence-electron chi connectivity index (χ3n) is 6.08. The average molecular weight is 591 g/mol. The van der Waals surface area contributed by atoms with Crippen LogP contribution in [0.3, 0.4) is 0 Å². The van der Waals surface area contributed by atoms with Crippen molar-refractivity contribution in [1.29, 1.82) is 5.26 Å². The normalized spacial score (nSPS) is 14.8. The van der Waals surface area contributed by atoms with Crippen LogP contribution in [-0.4, -0.2) is 53.7 Å². The summed E-state index contributed by atoms with van der Waals surface area (Å²) in [4.78, 5) is 24.6. The van der Waals surface area contributed by atoms with E-state index >= 15 is 0 Å². The lowest BCUT2D eigenvalue weighted by Crippen LogP contribution is -2.54. The second-order valence-electron chi connectivity index (χ2n) is 9.88. The van der Waals surface area contributed by atoms with Crippen LogP contribution in [0.1, 0.15) is 57.6 Å². The van der Waals surface area contributed by atoms with Crippen LogP contribution in [0.15, 0.2) is 41.5 Å². The van der Waals surface area contributed by atoms with Crippen molar-refractivity contribution in [3.05, 3.63) is 57.6 Å². The summed E-state index contributed by atoms with van der Waals surface area (Å²) in [5, 5.41) is 30.5. The molecule has 3 rings (SSSR count). The molecule has 0 aromatic heterocycles. The highest BCUT2D eigenvalue weighted by Gasteiger charge is 2.27. The molecule has 0 fully saturated rings. The maximum atomic E-state index is 13.1. The zero-order valence-electron chi connectivity index (χ0n) is 22.6. The number of nitriles is 1. The molecule has 2 aromatic carbocycles. The Hall–Kier alpha value is -3.36. The fourth-order valence-electron chi connectivity index (χ4n) is 3.97. The van der Waals surface area contributed by atoms with Crippen LogP contribution < -0.4 is 25.5 Å². The number of aliphatic hydroxyl groups is 1. The van der Waals surface area contributed by atoms with Gasteiger partial charge < -0.3 is 19.9 Å². The molecule has 1 aliphatic heterocycles. The van der Waals surface area contributed by atoms with Crippen LogP contribution in [0.2, 0.25) is 10.0 Å². The highest BCUT2D eigenvalue weighted by Crippen LogP contribution is 2.32. The van der Waals surface area contributed by atoms with E-state index in [1.54, 1.807) is 36.4 Å². The Morgan fingerprint density at radius 3 is 2.73 bits per heavy atom. The van der Waals surface area contributed by atoms with Crippen molar-refractivity contribution in [3.8, 4) is 17.6 Å². The van der Waals surface area contributed by atoms with E-state index in [0.29, 0.717) is 57.6 Å². The van der Waals surface area contributed by atoms with Gasteiger partial charge in [-0.05, 0) is 44.5 Å². The van der Waals surface area contributed by atoms with Crippen molar-refractivity contribution in [2.45, 2.75) is 64.3 Å². The second kappa shape index (κ2) is 14.3. The van der Waals surface area contributed by atoms with Gasteiger partial charge in [-0.15, -0.1) is 0 Å².